The summed E-state index contributed by atoms with van der Waals surface area (Å²) >= 11 is 0. The Morgan fingerprint density at radius 3 is 2.68 bits per heavy atom. The SMILES string of the molecule is Cc1cc(C(=O)Nc2c(-c3ccc(F)cc3)ncn2C)on1. The molecule has 22 heavy (non-hydrogen) atoms. The van der Waals surface area contributed by atoms with Crippen molar-refractivity contribution in [2.24, 2.45) is 7.05 Å². The van der Waals surface area contributed by atoms with E-state index >= 15 is 0 Å². The van der Waals surface area contributed by atoms with Gasteiger partial charge in [0.25, 0.3) is 5.91 Å². The van der Waals surface area contributed by atoms with Crippen LogP contribution in [0.3, 0.4) is 0 Å². The summed E-state index contributed by atoms with van der Waals surface area (Å²) in [5.74, 6) is -0.149. The number of aromatic nitrogens is 3. The highest BCUT2D eigenvalue weighted by Crippen LogP contribution is 2.26. The monoisotopic (exact) mass is 300 g/mol. The van der Waals surface area contributed by atoms with Crippen molar-refractivity contribution in [3.8, 4) is 11.3 Å². The molecule has 2 heterocycles. The molecule has 0 bridgehead atoms. The average Bonchev–Trinajstić information content (AvgIpc) is 3.08. The third kappa shape index (κ3) is 2.60. The Kier molecular flexibility index (Phi) is 3.46. The van der Waals surface area contributed by atoms with Crippen LogP contribution in [-0.2, 0) is 7.05 Å². The van der Waals surface area contributed by atoms with Gasteiger partial charge in [0.1, 0.15) is 17.3 Å². The maximum absolute atomic E-state index is 13.0. The lowest BCUT2D eigenvalue weighted by atomic mass is 10.1. The van der Waals surface area contributed by atoms with Crippen LogP contribution in [0.1, 0.15) is 16.2 Å². The molecule has 3 aromatic rings. The van der Waals surface area contributed by atoms with Gasteiger partial charge in [0, 0.05) is 18.7 Å². The van der Waals surface area contributed by atoms with Crippen molar-refractivity contribution in [1.29, 1.82) is 0 Å². The van der Waals surface area contributed by atoms with E-state index < -0.39 is 5.91 Å². The number of benzene rings is 1. The van der Waals surface area contributed by atoms with Gasteiger partial charge in [-0.25, -0.2) is 9.37 Å². The molecule has 2 aromatic heterocycles. The van der Waals surface area contributed by atoms with Crippen LogP contribution in [0.5, 0.6) is 0 Å². The minimum Gasteiger partial charge on any atom is -0.351 e. The summed E-state index contributed by atoms with van der Waals surface area (Å²) in [6, 6.07) is 7.44. The molecule has 0 radical (unpaired) electrons. The number of carbonyl (C=O) groups excluding carboxylic acids is 1. The molecule has 1 amide bonds. The molecule has 0 atom stereocenters. The molecule has 1 aromatic carbocycles. The Hall–Kier alpha value is -2.96. The standard InChI is InChI=1S/C15H13FN4O2/c1-9-7-12(22-19-9)15(21)18-14-13(17-8-20(14)2)10-3-5-11(16)6-4-10/h3-8H,1-2H3,(H,18,21). The molecular weight excluding hydrogens is 287 g/mol. The highest BCUT2D eigenvalue weighted by molar-refractivity contribution is 6.03. The number of aryl methyl sites for hydroxylation is 2. The Bertz CT molecular complexity index is 820. The number of amides is 1. The molecule has 3 rings (SSSR count). The van der Waals surface area contributed by atoms with Gasteiger partial charge in [-0.1, -0.05) is 5.16 Å². The van der Waals surface area contributed by atoms with Gasteiger partial charge in [-0.05, 0) is 31.2 Å². The minimum atomic E-state index is -0.424. The van der Waals surface area contributed by atoms with Gasteiger partial charge in [-0.3, -0.25) is 4.79 Å². The van der Waals surface area contributed by atoms with E-state index in [1.165, 1.54) is 12.1 Å². The molecular formula is C15H13FN4O2. The highest BCUT2D eigenvalue weighted by Gasteiger charge is 2.17. The van der Waals surface area contributed by atoms with Gasteiger partial charge < -0.3 is 14.4 Å². The number of halogens is 1. The number of anilines is 1. The number of carbonyl (C=O) groups is 1. The molecule has 0 aliphatic carbocycles. The molecule has 6 nitrogen and oxygen atoms in total. The van der Waals surface area contributed by atoms with Gasteiger partial charge in [0.2, 0.25) is 5.76 Å². The Balaban J connectivity index is 1.92. The average molecular weight is 300 g/mol. The normalized spacial score (nSPS) is 10.7. The second kappa shape index (κ2) is 5.44. The molecule has 0 fully saturated rings. The topological polar surface area (TPSA) is 73.0 Å². The number of rotatable bonds is 3. The van der Waals surface area contributed by atoms with Gasteiger partial charge >= 0.3 is 0 Å². The first-order valence-corrected chi connectivity index (χ1v) is 6.56. The van der Waals surface area contributed by atoms with Crippen molar-refractivity contribution in [3.05, 3.63) is 53.9 Å². The van der Waals surface area contributed by atoms with Crippen molar-refractivity contribution in [3.63, 3.8) is 0 Å². The fraction of sp³-hybridized carbons (Fsp3) is 0.133. The molecule has 0 spiro atoms. The summed E-state index contributed by atoms with van der Waals surface area (Å²) < 4.78 is 19.6. The van der Waals surface area contributed by atoms with Gasteiger partial charge in [0.05, 0.1) is 12.0 Å². The zero-order chi connectivity index (χ0) is 15.7. The first-order valence-electron chi connectivity index (χ1n) is 6.56. The maximum atomic E-state index is 13.0. The zero-order valence-electron chi connectivity index (χ0n) is 12.0. The van der Waals surface area contributed by atoms with Gasteiger partial charge in [0.15, 0.2) is 0 Å². The number of imidazole rings is 1. The summed E-state index contributed by atoms with van der Waals surface area (Å²) in [6.07, 6.45) is 1.57. The zero-order valence-corrected chi connectivity index (χ0v) is 12.0. The highest BCUT2D eigenvalue weighted by atomic mass is 19.1. The Labute approximate surface area is 125 Å². The number of nitrogens with zero attached hydrogens (tertiary/aromatic N) is 3. The summed E-state index contributed by atoms with van der Waals surface area (Å²) in [6.45, 7) is 1.73. The summed E-state index contributed by atoms with van der Waals surface area (Å²) in [7, 11) is 1.75. The number of hydrogen-bond acceptors (Lipinski definition) is 4. The van der Waals surface area contributed by atoms with Crippen LogP contribution in [0, 0.1) is 12.7 Å². The van der Waals surface area contributed by atoms with Gasteiger partial charge in [-0.15, -0.1) is 0 Å². The minimum absolute atomic E-state index is 0.115. The summed E-state index contributed by atoms with van der Waals surface area (Å²) in [4.78, 5) is 16.4. The maximum Gasteiger partial charge on any atom is 0.295 e. The lowest BCUT2D eigenvalue weighted by Crippen LogP contribution is -2.14. The summed E-state index contributed by atoms with van der Waals surface area (Å²) in [5.41, 5.74) is 1.87. The molecule has 7 heteroatoms. The molecule has 0 aliphatic rings. The Morgan fingerprint density at radius 1 is 1.32 bits per heavy atom. The quantitative estimate of drug-likeness (QED) is 0.807. The van der Waals surface area contributed by atoms with Crippen molar-refractivity contribution >= 4 is 11.7 Å². The fourth-order valence-corrected chi connectivity index (χ4v) is 2.04. The van der Waals surface area contributed by atoms with E-state index in [4.69, 9.17) is 4.52 Å². The van der Waals surface area contributed by atoms with Crippen molar-refractivity contribution in [2.75, 3.05) is 5.32 Å². The van der Waals surface area contributed by atoms with E-state index in [1.54, 1.807) is 43.1 Å². The molecule has 0 saturated heterocycles. The first kappa shape index (κ1) is 14.0. The van der Waals surface area contributed by atoms with Crippen LogP contribution in [0.4, 0.5) is 10.2 Å². The third-order valence-electron chi connectivity index (χ3n) is 3.14. The second-order valence-electron chi connectivity index (χ2n) is 4.85. The first-order chi connectivity index (χ1) is 10.5. The van der Waals surface area contributed by atoms with Crippen molar-refractivity contribution < 1.29 is 13.7 Å². The second-order valence-corrected chi connectivity index (χ2v) is 4.85. The van der Waals surface area contributed by atoms with Crippen LogP contribution in [0.2, 0.25) is 0 Å². The Morgan fingerprint density at radius 2 is 2.05 bits per heavy atom. The van der Waals surface area contributed by atoms with Crippen LogP contribution in [0.25, 0.3) is 11.3 Å². The molecule has 0 saturated carbocycles. The molecule has 0 aliphatic heterocycles. The molecule has 0 unspecified atom stereocenters. The largest absolute Gasteiger partial charge is 0.351 e. The van der Waals surface area contributed by atoms with Crippen molar-refractivity contribution in [1.82, 2.24) is 14.7 Å². The van der Waals surface area contributed by atoms with Crippen LogP contribution < -0.4 is 5.32 Å². The predicted octanol–water partition coefficient (Wildman–Crippen LogP) is 2.77. The van der Waals surface area contributed by atoms with E-state index in [0.717, 1.165) is 0 Å². The number of nitrogens with one attached hydrogen (secondary N) is 1. The lowest BCUT2D eigenvalue weighted by molar-refractivity contribution is 0.0987. The van der Waals surface area contributed by atoms with Gasteiger partial charge in [-0.2, -0.15) is 0 Å². The van der Waals surface area contributed by atoms with E-state index in [2.05, 4.69) is 15.5 Å². The lowest BCUT2D eigenvalue weighted by Gasteiger charge is -2.07. The van der Waals surface area contributed by atoms with Crippen LogP contribution >= 0.6 is 0 Å². The van der Waals surface area contributed by atoms with Crippen LogP contribution in [0.15, 0.2) is 41.2 Å². The molecule has 112 valence electrons. The third-order valence-corrected chi connectivity index (χ3v) is 3.14. The summed E-state index contributed by atoms with van der Waals surface area (Å²) in [5, 5.41) is 6.42. The fourth-order valence-electron chi connectivity index (χ4n) is 2.04. The van der Waals surface area contributed by atoms with E-state index in [-0.39, 0.29) is 11.6 Å². The molecule has 1 N–H and O–H groups in total. The smallest absolute Gasteiger partial charge is 0.295 e. The number of hydrogen-bond donors (Lipinski definition) is 1. The van der Waals surface area contributed by atoms with E-state index in [0.29, 0.717) is 22.8 Å². The van der Waals surface area contributed by atoms with Crippen molar-refractivity contribution in [2.45, 2.75) is 6.92 Å². The van der Waals surface area contributed by atoms with Crippen LogP contribution in [-0.4, -0.2) is 20.6 Å². The predicted molar refractivity (Wildman–Crippen MR) is 77.8 cm³/mol. The van der Waals surface area contributed by atoms with E-state index in [1.807, 2.05) is 0 Å². The van der Waals surface area contributed by atoms with E-state index in [9.17, 15) is 9.18 Å².